The fourth-order valence-corrected chi connectivity index (χ4v) is 2.65. The van der Waals surface area contributed by atoms with Crippen LogP contribution in [0.2, 0.25) is 0 Å². The van der Waals surface area contributed by atoms with Gasteiger partial charge in [-0.1, -0.05) is 13.0 Å². The van der Waals surface area contributed by atoms with E-state index in [9.17, 15) is 14.9 Å². The van der Waals surface area contributed by atoms with E-state index in [0.717, 1.165) is 5.57 Å². The van der Waals surface area contributed by atoms with Crippen LogP contribution in [0.15, 0.2) is 42.5 Å². The summed E-state index contributed by atoms with van der Waals surface area (Å²) in [5.74, 6) is -0.0983. The van der Waals surface area contributed by atoms with Crippen LogP contribution in [0.3, 0.4) is 0 Å². The maximum absolute atomic E-state index is 11.7. The van der Waals surface area contributed by atoms with Crippen LogP contribution in [-0.2, 0) is 4.79 Å². The van der Waals surface area contributed by atoms with Crippen LogP contribution in [-0.4, -0.2) is 26.9 Å². The van der Waals surface area contributed by atoms with Crippen LogP contribution in [0.25, 0.3) is 11.3 Å². The molecule has 1 aromatic heterocycles. The summed E-state index contributed by atoms with van der Waals surface area (Å²) < 4.78 is 1.59. The van der Waals surface area contributed by atoms with Gasteiger partial charge in [0.05, 0.1) is 11.3 Å². The normalized spacial score (nSPS) is 14.3. The molecule has 22 heavy (non-hydrogen) atoms. The molecule has 0 bridgehead atoms. The van der Waals surface area contributed by atoms with Crippen LogP contribution in [0.4, 0.5) is 5.69 Å². The number of nitrogens with one attached hydrogen (secondary N) is 1. The van der Waals surface area contributed by atoms with Gasteiger partial charge in [-0.3, -0.25) is 14.9 Å². The average molecular weight is 298 g/mol. The van der Waals surface area contributed by atoms with Gasteiger partial charge in [0.15, 0.2) is 0 Å². The Balaban J connectivity index is 2.13. The summed E-state index contributed by atoms with van der Waals surface area (Å²) in [6.07, 6.45) is 5.33. The number of amides is 1. The molecular weight excluding hydrogens is 284 g/mol. The van der Waals surface area contributed by atoms with Gasteiger partial charge in [0.1, 0.15) is 5.69 Å². The lowest BCUT2D eigenvalue weighted by atomic mass is 9.99. The van der Waals surface area contributed by atoms with Gasteiger partial charge >= 0.3 is 0 Å². The molecule has 0 unspecified atom stereocenters. The lowest BCUT2D eigenvalue weighted by Gasteiger charge is -2.08. The van der Waals surface area contributed by atoms with Gasteiger partial charge in [0, 0.05) is 30.6 Å². The number of hydrogen-bond acceptors (Lipinski definition) is 4. The molecule has 0 spiro atoms. The molecule has 1 aromatic carbocycles. The van der Waals surface area contributed by atoms with Crippen molar-refractivity contribution in [3.63, 3.8) is 0 Å². The van der Waals surface area contributed by atoms with E-state index < -0.39 is 4.92 Å². The van der Waals surface area contributed by atoms with Gasteiger partial charge in [-0.25, -0.2) is 4.98 Å². The van der Waals surface area contributed by atoms with Gasteiger partial charge in [-0.05, 0) is 23.6 Å². The molecule has 0 atom stereocenters. The number of hydrogen-bond donors (Lipinski definition) is 1. The molecule has 7 nitrogen and oxygen atoms in total. The highest BCUT2D eigenvalue weighted by atomic mass is 16.6. The largest absolute Gasteiger partial charge is 0.348 e. The highest BCUT2D eigenvalue weighted by molar-refractivity contribution is 6.06. The molecule has 1 amide bonds. The van der Waals surface area contributed by atoms with Gasteiger partial charge in [-0.2, -0.15) is 0 Å². The quantitative estimate of drug-likeness (QED) is 0.691. The van der Waals surface area contributed by atoms with E-state index in [2.05, 4.69) is 10.3 Å². The smallest absolute Gasteiger partial charge is 0.293 e. The Kier molecular flexibility index (Phi) is 3.46. The number of imidazole rings is 1. The molecule has 7 heteroatoms. The summed E-state index contributed by atoms with van der Waals surface area (Å²) in [5.41, 5.74) is 2.64. The number of rotatable bonds is 4. The number of carbonyl (C=O) groups is 1. The molecular formula is C15H14N4O3. The van der Waals surface area contributed by atoms with Crippen molar-refractivity contribution in [2.24, 2.45) is 0 Å². The molecule has 2 heterocycles. The first-order valence-electron chi connectivity index (χ1n) is 6.89. The van der Waals surface area contributed by atoms with E-state index in [1.54, 1.807) is 29.1 Å². The maximum Gasteiger partial charge on any atom is 0.293 e. The third-order valence-electron chi connectivity index (χ3n) is 3.72. The monoisotopic (exact) mass is 298 g/mol. The van der Waals surface area contributed by atoms with Crippen molar-refractivity contribution in [3.05, 3.63) is 58.2 Å². The Labute approximate surface area is 126 Å². The predicted molar refractivity (Wildman–Crippen MR) is 80.4 cm³/mol. The van der Waals surface area contributed by atoms with Gasteiger partial charge < -0.3 is 9.88 Å². The first-order chi connectivity index (χ1) is 10.6. The number of nitrogens with zero attached hydrogens (tertiary/aromatic N) is 3. The van der Waals surface area contributed by atoms with E-state index in [-0.39, 0.29) is 11.6 Å². The van der Waals surface area contributed by atoms with Crippen molar-refractivity contribution >= 4 is 17.2 Å². The Morgan fingerprint density at radius 3 is 2.91 bits per heavy atom. The van der Waals surface area contributed by atoms with Crippen molar-refractivity contribution in [1.29, 1.82) is 0 Å². The van der Waals surface area contributed by atoms with Crippen LogP contribution in [0.5, 0.6) is 0 Å². The van der Waals surface area contributed by atoms with Crippen molar-refractivity contribution < 1.29 is 9.72 Å². The van der Waals surface area contributed by atoms with E-state index in [4.69, 9.17) is 0 Å². The number of aromatic nitrogens is 2. The van der Waals surface area contributed by atoms with E-state index in [1.165, 1.54) is 12.4 Å². The lowest BCUT2D eigenvalue weighted by molar-refractivity contribution is -0.384. The first kappa shape index (κ1) is 14.0. The summed E-state index contributed by atoms with van der Waals surface area (Å²) in [5, 5.41) is 14.1. The second-order valence-electron chi connectivity index (χ2n) is 4.92. The Morgan fingerprint density at radius 2 is 2.27 bits per heavy atom. The molecule has 0 aliphatic carbocycles. The highest BCUT2D eigenvalue weighted by Gasteiger charge is 2.24. The topological polar surface area (TPSA) is 90.1 Å². The lowest BCUT2D eigenvalue weighted by Crippen LogP contribution is -2.17. The minimum atomic E-state index is -0.421. The summed E-state index contributed by atoms with van der Waals surface area (Å²) in [6, 6.07) is 4.99. The van der Waals surface area contributed by atoms with Gasteiger partial charge in [-0.15, -0.1) is 0 Å². The molecule has 0 saturated heterocycles. The van der Waals surface area contributed by atoms with E-state index in [0.29, 0.717) is 29.8 Å². The SMILES string of the molecule is CCC1=C(c2ccc(-n3ccnc3)c([N+](=O)[O-])c2)CNC1=O. The van der Waals surface area contributed by atoms with Gasteiger partial charge in [0.25, 0.3) is 5.69 Å². The second-order valence-corrected chi connectivity index (χ2v) is 4.92. The summed E-state index contributed by atoms with van der Waals surface area (Å²) in [7, 11) is 0. The summed E-state index contributed by atoms with van der Waals surface area (Å²) in [4.78, 5) is 26.6. The van der Waals surface area contributed by atoms with Crippen LogP contribution >= 0.6 is 0 Å². The third kappa shape index (κ3) is 2.26. The zero-order valence-corrected chi connectivity index (χ0v) is 11.9. The molecule has 2 aromatic rings. The molecule has 0 fully saturated rings. The Morgan fingerprint density at radius 1 is 1.45 bits per heavy atom. The maximum atomic E-state index is 11.7. The fourth-order valence-electron chi connectivity index (χ4n) is 2.65. The molecule has 1 aliphatic rings. The van der Waals surface area contributed by atoms with Gasteiger partial charge in [0.2, 0.25) is 5.91 Å². The number of nitro groups is 1. The van der Waals surface area contributed by atoms with Crippen LogP contribution < -0.4 is 5.32 Å². The Hall–Kier alpha value is -2.96. The second kappa shape index (κ2) is 5.44. The summed E-state index contributed by atoms with van der Waals surface area (Å²) >= 11 is 0. The van der Waals surface area contributed by atoms with Crippen molar-refractivity contribution in [1.82, 2.24) is 14.9 Å². The van der Waals surface area contributed by atoms with E-state index in [1.807, 2.05) is 6.92 Å². The predicted octanol–water partition coefficient (Wildman–Crippen LogP) is 2.07. The van der Waals surface area contributed by atoms with Crippen molar-refractivity contribution in [2.45, 2.75) is 13.3 Å². The summed E-state index contributed by atoms with van der Waals surface area (Å²) in [6.45, 7) is 2.30. The molecule has 0 saturated carbocycles. The van der Waals surface area contributed by atoms with Crippen LogP contribution in [0, 0.1) is 10.1 Å². The molecule has 0 radical (unpaired) electrons. The minimum absolute atomic E-state index is 0.0159. The molecule has 1 N–H and O–H groups in total. The molecule has 3 rings (SSSR count). The average Bonchev–Trinajstić information content (AvgIpc) is 3.15. The zero-order valence-electron chi connectivity index (χ0n) is 11.9. The first-order valence-corrected chi connectivity index (χ1v) is 6.89. The Bertz CT molecular complexity index is 778. The number of benzene rings is 1. The van der Waals surface area contributed by atoms with Crippen LogP contribution in [0.1, 0.15) is 18.9 Å². The third-order valence-corrected chi connectivity index (χ3v) is 3.72. The van der Waals surface area contributed by atoms with E-state index >= 15 is 0 Å². The number of carbonyl (C=O) groups excluding carboxylic acids is 1. The standard InChI is InChI=1S/C15H14N4O3/c1-2-11-12(8-17-15(11)20)10-3-4-13(14(7-10)19(21)22)18-6-5-16-9-18/h3-7,9H,2,8H2,1H3,(H,17,20). The highest BCUT2D eigenvalue weighted by Crippen LogP contribution is 2.31. The minimum Gasteiger partial charge on any atom is -0.348 e. The van der Waals surface area contributed by atoms with Crippen molar-refractivity contribution in [3.8, 4) is 5.69 Å². The van der Waals surface area contributed by atoms with Crippen molar-refractivity contribution in [2.75, 3.05) is 6.54 Å². The molecule has 112 valence electrons. The molecule has 1 aliphatic heterocycles. The number of nitro benzene ring substituents is 1. The zero-order chi connectivity index (χ0) is 15.7. The fraction of sp³-hybridized carbons (Fsp3) is 0.200.